The summed E-state index contributed by atoms with van der Waals surface area (Å²) in [6.45, 7) is 6.34. The molecule has 1 atom stereocenters. The molecule has 67 heavy (non-hydrogen) atoms. The molecule has 0 saturated heterocycles. The number of allylic oxidation sites excluding steroid dienone is 22. The lowest BCUT2D eigenvalue weighted by atomic mass is 10.1. The van der Waals surface area contributed by atoms with Crippen LogP contribution in [0.3, 0.4) is 0 Å². The summed E-state index contributed by atoms with van der Waals surface area (Å²) in [6, 6.07) is 0. The van der Waals surface area contributed by atoms with Gasteiger partial charge in [0, 0.05) is 19.3 Å². The number of carbonyl (C=O) groups is 3. The Hall–Kier alpha value is -4.45. The van der Waals surface area contributed by atoms with E-state index >= 15 is 0 Å². The average molecular weight is 925 g/mol. The van der Waals surface area contributed by atoms with Crippen LogP contribution in [0.2, 0.25) is 0 Å². The van der Waals surface area contributed by atoms with Crippen LogP contribution in [0.1, 0.15) is 213 Å². The van der Waals surface area contributed by atoms with E-state index in [2.05, 4.69) is 154 Å². The normalized spacial score (nSPS) is 13.2. The number of esters is 3. The standard InChI is InChI=1S/C61H96O6/c1-4-7-10-13-16-19-22-25-28-30-33-36-39-42-45-48-51-54-60(63)66-57-58(56-65-59(62)53-50-47-44-41-38-35-32-27-24-21-18-15-12-9-6-3)67-61(64)55-52-49-46-43-40-37-34-31-29-26-23-20-17-14-11-8-5-2/h9,12,16,18-19,21,25-29,32-34,36-38,41-43,45-46,58H,4-8,10-11,13-15,17,20,22-24,30-31,35,39-40,44,47-57H2,1-3H3/b12-9-,19-16-,21-18-,28-25-,29-26-,32-27-,36-33-,37-34-,41-38-,45-42-,46-43-/t58-/m1/s1. The minimum Gasteiger partial charge on any atom is -0.462 e. The summed E-state index contributed by atoms with van der Waals surface area (Å²) < 4.78 is 16.7. The second-order valence-electron chi connectivity index (χ2n) is 17.0. The van der Waals surface area contributed by atoms with Gasteiger partial charge in [0.25, 0.3) is 0 Å². The van der Waals surface area contributed by atoms with Crippen LogP contribution in [0.15, 0.2) is 134 Å². The summed E-state index contributed by atoms with van der Waals surface area (Å²) in [7, 11) is 0. The van der Waals surface area contributed by atoms with Crippen molar-refractivity contribution in [2.75, 3.05) is 13.2 Å². The molecule has 0 aliphatic rings. The maximum absolute atomic E-state index is 12.8. The lowest BCUT2D eigenvalue weighted by Crippen LogP contribution is -2.30. The molecule has 0 bridgehead atoms. The van der Waals surface area contributed by atoms with Gasteiger partial charge in [-0.3, -0.25) is 14.4 Å². The van der Waals surface area contributed by atoms with Crippen LogP contribution in [0, 0.1) is 0 Å². The summed E-state index contributed by atoms with van der Waals surface area (Å²) in [4.78, 5) is 38.0. The molecular formula is C61H96O6. The Morgan fingerprint density at radius 2 is 0.597 bits per heavy atom. The van der Waals surface area contributed by atoms with Gasteiger partial charge in [-0.25, -0.2) is 0 Å². The zero-order valence-corrected chi connectivity index (χ0v) is 42.9. The molecule has 0 rings (SSSR count). The van der Waals surface area contributed by atoms with Gasteiger partial charge < -0.3 is 14.2 Å². The molecule has 0 heterocycles. The third-order valence-corrected chi connectivity index (χ3v) is 10.6. The van der Waals surface area contributed by atoms with Crippen molar-refractivity contribution < 1.29 is 28.6 Å². The predicted octanol–water partition coefficient (Wildman–Crippen LogP) is 17.9. The highest BCUT2D eigenvalue weighted by molar-refractivity contribution is 5.71. The van der Waals surface area contributed by atoms with E-state index in [0.29, 0.717) is 19.3 Å². The first-order chi connectivity index (χ1) is 33.0. The minimum absolute atomic E-state index is 0.141. The minimum atomic E-state index is -0.848. The lowest BCUT2D eigenvalue weighted by molar-refractivity contribution is -0.167. The number of carbonyl (C=O) groups excluding carboxylic acids is 3. The van der Waals surface area contributed by atoms with Crippen molar-refractivity contribution in [1.29, 1.82) is 0 Å². The molecular weight excluding hydrogens is 829 g/mol. The highest BCUT2D eigenvalue weighted by Gasteiger charge is 2.19. The molecule has 0 saturated carbocycles. The van der Waals surface area contributed by atoms with Gasteiger partial charge in [0.05, 0.1) is 0 Å². The largest absolute Gasteiger partial charge is 0.462 e. The van der Waals surface area contributed by atoms with Crippen molar-refractivity contribution in [2.24, 2.45) is 0 Å². The van der Waals surface area contributed by atoms with Gasteiger partial charge in [0.2, 0.25) is 0 Å². The van der Waals surface area contributed by atoms with E-state index in [0.717, 1.165) is 83.5 Å². The van der Waals surface area contributed by atoms with Gasteiger partial charge in [-0.2, -0.15) is 0 Å². The molecule has 0 amide bonds. The fraction of sp³-hybridized carbons (Fsp3) is 0.590. The molecule has 0 unspecified atom stereocenters. The van der Waals surface area contributed by atoms with Gasteiger partial charge in [-0.15, -0.1) is 0 Å². The van der Waals surface area contributed by atoms with Gasteiger partial charge in [-0.1, -0.05) is 199 Å². The Labute approximate surface area is 411 Å². The maximum atomic E-state index is 12.8. The van der Waals surface area contributed by atoms with Crippen LogP contribution in [0.5, 0.6) is 0 Å². The van der Waals surface area contributed by atoms with Crippen LogP contribution >= 0.6 is 0 Å². The first kappa shape index (κ1) is 62.5. The van der Waals surface area contributed by atoms with Crippen molar-refractivity contribution in [3.05, 3.63) is 134 Å². The van der Waals surface area contributed by atoms with E-state index in [4.69, 9.17) is 14.2 Å². The van der Waals surface area contributed by atoms with Crippen LogP contribution in [0.25, 0.3) is 0 Å². The summed E-state index contributed by atoms with van der Waals surface area (Å²) in [5.74, 6) is -1.10. The molecule has 0 radical (unpaired) electrons. The lowest BCUT2D eigenvalue weighted by Gasteiger charge is -2.18. The quantitative estimate of drug-likeness (QED) is 0.0262. The number of hydrogen-bond donors (Lipinski definition) is 0. The van der Waals surface area contributed by atoms with Crippen LogP contribution in [-0.2, 0) is 28.6 Å². The second kappa shape index (κ2) is 54.2. The van der Waals surface area contributed by atoms with Crippen molar-refractivity contribution in [3.8, 4) is 0 Å². The SMILES string of the molecule is CC/C=C\C/C=C\C/C=C\C/C=C\CCCCC(=O)OC[C@H](COC(=O)CCC/C=C\C/C=C\C/C=C\C/C=C\CCCCC)OC(=O)CCC/C=C\C/C=C\C/C=C\CCCCCCCC. The molecule has 0 fully saturated rings. The summed E-state index contributed by atoms with van der Waals surface area (Å²) >= 11 is 0. The van der Waals surface area contributed by atoms with Crippen molar-refractivity contribution >= 4 is 17.9 Å². The molecule has 0 aliphatic carbocycles. The number of unbranched alkanes of at least 4 members (excludes halogenated alkanes) is 13. The fourth-order valence-electron chi connectivity index (χ4n) is 6.62. The predicted molar refractivity (Wildman–Crippen MR) is 288 cm³/mol. The molecule has 6 heteroatoms. The second-order valence-corrected chi connectivity index (χ2v) is 17.0. The van der Waals surface area contributed by atoms with Crippen LogP contribution < -0.4 is 0 Å². The van der Waals surface area contributed by atoms with Gasteiger partial charge in [0.1, 0.15) is 13.2 Å². The van der Waals surface area contributed by atoms with Gasteiger partial charge >= 0.3 is 17.9 Å². The average Bonchev–Trinajstić information content (AvgIpc) is 3.33. The van der Waals surface area contributed by atoms with Crippen molar-refractivity contribution in [1.82, 2.24) is 0 Å². The van der Waals surface area contributed by atoms with E-state index in [1.165, 1.54) is 70.6 Å². The van der Waals surface area contributed by atoms with Gasteiger partial charge in [0.15, 0.2) is 6.10 Å². The molecule has 0 aromatic heterocycles. The van der Waals surface area contributed by atoms with E-state index < -0.39 is 12.1 Å². The monoisotopic (exact) mass is 925 g/mol. The van der Waals surface area contributed by atoms with E-state index in [-0.39, 0.29) is 44.4 Å². The van der Waals surface area contributed by atoms with E-state index in [1.807, 2.05) is 0 Å². The van der Waals surface area contributed by atoms with Crippen LogP contribution in [-0.4, -0.2) is 37.2 Å². The molecule has 0 aromatic rings. The molecule has 0 aliphatic heterocycles. The Kier molecular flexibility index (Phi) is 50.6. The topological polar surface area (TPSA) is 78.9 Å². The third kappa shape index (κ3) is 52.4. The highest BCUT2D eigenvalue weighted by Crippen LogP contribution is 2.10. The number of ether oxygens (including phenoxy) is 3. The third-order valence-electron chi connectivity index (χ3n) is 10.6. The Balaban J connectivity index is 4.64. The molecule has 6 nitrogen and oxygen atoms in total. The maximum Gasteiger partial charge on any atom is 0.306 e. The van der Waals surface area contributed by atoms with Crippen LogP contribution in [0.4, 0.5) is 0 Å². The molecule has 376 valence electrons. The first-order valence-corrected chi connectivity index (χ1v) is 26.7. The van der Waals surface area contributed by atoms with E-state index in [1.54, 1.807) is 0 Å². The fourth-order valence-corrected chi connectivity index (χ4v) is 6.62. The number of rotatable bonds is 46. The Bertz CT molecular complexity index is 1480. The molecule has 0 aromatic carbocycles. The number of hydrogen-bond acceptors (Lipinski definition) is 6. The Morgan fingerprint density at radius 3 is 1.00 bits per heavy atom. The summed E-state index contributed by atoms with van der Waals surface area (Å²) in [5, 5.41) is 0. The van der Waals surface area contributed by atoms with E-state index in [9.17, 15) is 14.4 Å². The first-order valence-electron chi connectivity index (χ1n) is 26.7. The van der Waals surface area contributed by atoms with Crippen molar-refractivity contribution in [3.63, 3.8) is 0 Å². The summed E-state index contributed by atoms with van der Waals surface area (Å²) in [6.07, 6.45) is 75.9. The zero-order valence-electron chi connectivity index (χ0n) is 42.9. The molecule has 0 N–H and O–H groups in total. The molecule has 0 spiro atoms. The zero-order chi connectivity index (χ0) is 48.6. The Morgan fingerprint density at radius 1 is 0.313 bits per heavy atom. The smallest absolute Gasteiger partial charge is 0.306 e. The highest BCUT2D eigenvalue weighted by atomic mass is 16.6. The van der Waals surface area contributed by atoms with Gasteiger partial charge in [-0.05, 0) is 128 Å². The van der Waals surface area contributed by atoms with Crippen molar-refractivity contribution in [2.45, 2.75) is 219 Å². The summed E-state index contributed by atoms with van der Waals surface area (Å²) in [5.41, 5.74) is 0.